The third kappa shape index (κ3) is 3.37. The van der Waals surface area contributed by atoms with Crippen LogP contribution in [-0.2, 0) is 11.2 Å². The monoisotopic (exact) mass is 372 g/mol. The van der Waals surface area contributed by atoms with Gasteiger partial charge in [-0.2, -0.15) is 0 Å². The van der Waals surface area contributed by atoms with Gasteiger partial charge < -0.3 is 14.9 Å². The van der Waals surface area contributed by atoms with Crippen LogP contribution in [0, 0.1) is 0 Å². The van der Waals surface area contributed by atoms with E-state index in [0.29, 0.717) is 24.0 Å². The fraction of sp³-hybridized carbons (Fsp3) is 0.136. The molecule has 0 saturated carbocycles. The first-order valence-electron chi connectivity index (χ1n) is 9.07. The number of likely N-dealkylation sites (N-methyl/N-ethyl adjacent to an activating group) is 1. The Morgan fingerprint density at radius 3 is 2.57 bits per heavy atom. The molecule has 4 rings (SSSR count). The molecule has 0 bridgehead atoms. The average molecular weight is 372 g/mol. The van der Waals surface area contributed by atoms with Crippen molar-refractivity contribution in [3.63, 3.8) is 0 Å². The van der Waals surface area contributed by atoms with E-state index in [2.05, 4.69) is 15.3 Å². The largest absolute Gasteiger partial charge is 0.313 e. The highest BCUT2D eigenvalue weighted by Gasteiger charge is 2.15. The van der Waals surface area contributed by atoms with E-state index in [9.17, 15) is 9.59 Å². The molecule has 2 aromatic carbocycles. The SMILES string of the molecule is CNCC(=O)Cc1ccc(-c2cn(-c3ccccc3)c3nc[nH]c(=O)c23)cc1. The summed E-state index contributed by atoms with van der Waals surface area (Å²) in [4.78, 5) is 31.4. The Kier molecular flexibility index (Phi) is 4.87. The molecule has 4 aromatic rings. The first kappa shape index (κ1) is 17.9. The molecule has 0 aliphatic heterocycles. The lowest BCUT2D eigenvalue weighted by atomic mass is 10.0. The lowest BCUT2D eigenvalue weighted by Gasteiger charge is -2.04. The van der Waals surface area contributed by atoms with Crippen LogP contribution in [0.25, 0.3) is 27.8 Å². The molecule has 0 spiro atoms. The summed E-state index contributed by atoms with van der Waals surface area (Å²) in [5.41, 5.74) is 4.03. The normalized spacial score (nSPS) is 11.0. The number of para-hydroxylation sites is 1. The molecule has 2 N–H and O–H groups in total. The van der Waals surface area contributed by atoms with E-state index in [4.69, 9.17) is 0 Å². The molecule has 140 valence electrons. The Bertz CT molecular complexity index is 1170. The summed E-state index contributed by atoms with van der Waals surface area (Å²) in [5, 5.41) is 3.42. The summed E-state index contributed by atoms with van der Waals surface area (Å²) in [6.07, 6.45) is 3.74. The van der Waals surface area contributed by atoms with Gasteiger partial charge in [-0.3, -0.25) is 9.59 Å². The number of fused-ring (bicyclic) bond motifs is 1. The van der Waals surface area contributed by atoms with Crippen LogP contribution in [0.3, 0.4) is 0 Å². The molecule has 0 radical (unpaired) electrons. The quantitative estimate of drug-likeness (QED) is 0.545. The van der Waals surface area contributed by atoms with Gasteiger partial charge >= 0.3 is 0 Å². The van der Waals surface area contributed by atoms with Crippen LogP contribution in [0.4, 0.5) is 0 Å². The number of hydrogen-bond donors (Lipinski definition) is 2. The van der Waals surface area contributed by atoms with Crippen molar-refractivity contribution in [2.75, 3.05) is 13.6 Å². The number of carbonyl (C=O) groups is 1. The number of rotatable bonds is 6. The van der Waals surface area contributed by atoms with E-state index < -0.39 is 0 Å². The Morgan fingerprint density at radius 1 is 1.11 bits per heavy atom. The zero-order chi connectivity index (χ0) is 19.5. The molecule has 6 heteroatoms. The van der Waals surface area contributed by atoms with E-state index in [0.717, 1.165) is 22.4 Å². The van der Waals surface area contributed by atoms with Crippen molar-refractivity contribution >= 4 is 16.8 Å². The number of nitrogens with one attached hydrogen (secondary N) is 2. The number of H-pyrrole nitrogens is 1. The standard InChI is InChI=1S/C22H20N4O2/c1-23-12-18(27)11-15-7-9-16(10-8-15)19-13-26(17-5-3-2-4-6-17)21-20(19)22(28)25-14-24-21/h2-10,13-14,23H,11-12H2,1H3,(H,24,25,28). The summed E-state index contributed by atoms with van der Waals surface area (Å²) in [6, 6.07) is 17.5. The molecule has 0 atom stereocenters. The van der Waals surface area contributed by atoms with Crippen LogP contribution in [-0.4, -0.2) is 33.9 Å². The molecule has 0 amide bonds. The van der Waals surface area contributed by atoms with Gasteiger partial charge in [-0.1, -0.05) is 42.5 Å². The molecule has 0 fully saturated rings. The van der Waals surface area contributed by atoms with Crippen molar-refractivity contribution in [2.24, 2.45) is 0 Å². The van der Waals surface area contributed by atoms with Gasteiger partial charge in [-0.15, -0.1) is 0 Å². The number of carbonyl (C=O) groups excluding carboxylic acids is 1. The predicted molar refractivity (Wildman–Crippen MR) is 110 cm³/mol. The summed E-state index contributed by atoms with van der Waals surface area (Å²) in [6.45, 7) is 0.355. The molecular weight excluding hydrogens is 352 g/mol. The molecule has 6 nitrogen and oxygen atoms in total. The second kappa shape index (κ2) is 7.62. The minimum atomic E-state index is -0.178. The topological polar surface area (TPSA) is 79.8 Å². The fourth-order valence-corrected chi connectivity index (χ4v) is 3.36. The maximum absolute atomic E-state index is 12.5. The second-order valence-corrected chi connectivity index (χ2v) is 6.62. The van der Waals surface area contributed by atoms with Crippen LogP contribution in [0.2, 0.25) is 0 Å². The smallest absolute Gasteiger partial charge is 0.260 e. The van der Waals surface area contributed by atoms with Gasteiger partial charge in [0.1, 0.15) is 0 Å². The minimum Gasteiger partial charge on any atom is -0.313 e. The summed E-state index contributed by atoms with van der Waals surface area (Å²) < 4.78 is 1.92. The van der Waals surface area contributed by atoms with E-state index in [1.807, 2.05) is 65.4 Å². The number of aromatic amines is 1. The minimum absolute atomic E-state index is 0.136. The van der Waals surface area contributed by atoms with Crippen LogP contribution < -0.4 is 10.9 Å². The first-order valence-corrected chi connectivity index (χ1v) is 9.07. The molecule has 0 unspecified atom stereocenters. The number of aromatic nitrogens is 3. The first-order chi connectivity index (χ1) is 13.7. The van der Waals surface area contributed by atoms with E-state index in [-0.39, 0.29) is 11.3 Å². The predicted octanol–water partition coefficient (Wildman–Crippen LogP) is 2.71. The van der Waals surface area contributed by atoms with E-state index in [1.54, 1.807) is 7.05 Å². The molecule has 0 saturated heterocycles. The van der Waals surface area contributed by atoms with Crippen molar-refractivity contribution < 1.29 is 4.79 Å². The van der Waals surface area contributed by atoms with Gasteiger partial charge in [0.05, 0.1) is 18.3 Å². The number of benzene rings is 2. The molecular formula is C22H20N4O2. The third-order valence-electron chi connectivity index (χ3n) is 4.66. The lowest BCUT2D eigenvalue weighted by Crippen LogP contribution is -2.20. The Labute approximate surface area is 161 Å². The van der Waals surface area contributed by atoms with E-state index in [1.165, 1.54) is 6.33 Å². The molecule has 2 heterocycles. The van der Waals surface area contributed by atoms with Gasteiger partial charge in [-0.05, 0) is 30.3 Å². The van der Waals surface area contributed by atoms with Gasteiger partial charge in [0.25, 0.3) is 5.56 Å². The van der Waals surface area contributed by atoms with Crippen LogP contribution >= 0.6 is 0 Å². The van der Waals surface area contributed by atoms with Gasteiger partial charge in [0, 0.05) is 23.9 Å². The van der Waals surface area contributed by atoms with Gasteiger partial charge in [-0.25, -0.2) is 4.98 Å². The molecule has 2 aromatic heterocycles. The van der Waals surface area contributed by atoms with Crippen molar-refractivity contribution in [1.82, 2.24) is 19.9 Å². The maximum Gasteiger partial charge on any atom is 0.260 e. The number of Topliss-reactive ketones (excluding diaryl/α,β-unsaturated/α-hetero) is 1. The Hall–Kier alpha value is -3.51. The summed E-state index contributed by atoms with van der Waals surface area (Å²) in [5.74, 6) is 0.136. The van der Waals surface area contributed by atoms with E-state index >= 15 is 0 Å². The van der Waals surface area contributed by atoms with Crippen LogP contribution in [0.1, 0.15) is 5.56 Å². The Morgan fingerprint density at radius 2 is 1.86 bits per heavy atom. The van der Waals surface area contributed by atoms with Crippen LogP contribution in [0.15, 0.2) is 71.9 Å². The highest BCUT2D eigenvalue weighted by molar-refractivity contribution is 5.94. The highest BCUT2D eigenvalue weighted by atomic mass is 16.1. The van der Waals surface area contributed by atoms with Crippen molar-refractivity contribution in [2.45, 2.75) is 6.42 Å². The fourth-order valence-electron chi connectivity index (χ4n) is 3.36. The van der Waals surface area contributed by atoms with Crippen LogP contribution in [0.5, 0.6) is 0 Å². The molecule has 28 heavy (non-hydrogen) atoms. The summed E-state index contributed by atoms with van der Waals surface area (Å²) in [7, 11) is 1.76. The number of ketones is 1. The summed E-state index contributed by atoms with van der Waals surface area (Å²) >= 11 is 0. The van der Waals surface area contributed by atoms with Gasteiger partial charge in [0.2, 0.25) is 0 Å². The zero-order valence-corrected chi connectivity index (χ0v) is 15.5. The van der Waals surface area contributed by atoms with Gasteiger partial charge in [0.15, 0.2) is 11.4 Å². The highest BCUT2D eigenvalue weighted by Crippen LogP contribution is 2.29. The molecule has 0 aliphatic carbocycles. The van der Waals surface area contributed by atoms with Crippen molar-refractivity contribution in [3.05, 3.63) is 83.0 Å². The third-order valence-corrected chi connectivity index (χ3v) is 4.66. The average Bonchev–Trinajstić information content (AvgIpc) is 3.10. The number of hydrogen-bond acceptors (Lipinski definition) is 4. The van der Waals surface area contributed by atoms with Crippen molar-refractivity contribution in [3.8, 4) is 16.8 Å². The molecule has 0 aliphatic rings. The second-order valence-electron chi connectivity index (χ2n) is 6.62. The zero-order valence-electron chi connectivity index (χ0n) is 15.5. The lowest BCUT2D eigenvalue weighted by molar-refractivity contribution is -0.117. The Balaban J connectivity index is 1.79. The maximum atomic E-state index is 12.5. The van der Waals surface area contributed by atoms with Crippen molar-refractivity contribution in [1.29, 1.82) is 0 Å². The number of nitrogens with zero attached hydrogens (tertiary/aromatic N) is 2.